The van der Waals surface area contributed by atoms with Crippen molar-refractivity contribution in [1.29, 1.82) is 0 Å². The van der Waals surface area contributed by atoms with E-state index in [4.69, 9.17) is 4.74 Å². The maximum atomic E-state index is 13.7. The van der Waals surface area contributed by atoms with Gasteiger partial charge in [-0.15, -0.1) is 0 Å². The van der Waals surface area contributed by atoms with Gasteiger partial charge in [0.2, 0.25) is 17.7 Å². The summed E-state index contributed by atoms with van der Waals surface area (Å²) in [6.07, 6.45) is 9.26. The first-order chi connectivity index (χ1) is 15.5. The van der Waals surface area contributed by atoms with Gasteiger partial charge >= 0.3 is 0 Å². The lowest BCUT2D eigenvalue weighted by Crippen LogP contribution is -2.56. The lowest BCUT2D eigenvalue weighted by atomic mass is 9.74. The number of hydrogen-bond donors (Lipinski definition) is 2. The van der Waals surface area contributed by atoms with Gasteiger partial charge in [-0.2, -0.15) is 0 Å². The minimum absolute atomic E-state index is 0.0675. The Morgan fingerprint density at radius 3 is 2.56 bits per heavy atom. The van der Waals surface area contributed by atoms with Gasteiger partial charge in [-0.1, -0.05) is 43.2 Å². The van der Waals surface area contributed by atoms with E-state index in [2.05, 4.69) is 10.6 Å². The van der Waals surface area contributed by atoms with Crippen molar-refractivity contribution in [1.82, 2.24) is 10.2 Å². The number of para-hydroxylation sites is 1. The molecule has 2 saturated heterocycles. The topological polar surface area (TPSA) is 87.7 Å². The van der Waals surface area contributed by atoms with E-state index in [0.717, 1.165) is 49.8 Å². The fourth-order valence-electron chi connectivity index (χ4n) is 6.23. The Balaban J connectivity index is 1.31. The number of nitrogens with zero attached hydrogens (tertiary/aromatic N) is 1. The molecule has 1 aromatic rings. The Morgan fingerprint density at radius 2 is 1.84 bits per heavy atom. The fourth-order valence-corrected chi connectivity index (χ4v) is 6.23. The second-order valence-corrected chi connectivity index (χ2v) is 9.97. The van der Waals surface area contributed by atoms with Crippen molar-refractivity contribution in [2.45, 2.75) is 75.3 Å². The third-order valence-corrected chi connectivity index (χ3v) is 7.91. The molecule has 168 valence electrons. The van der Waals surface area contributed by atoms with E-state index in [1.807, 2.05) is 43.3 Å². The largest absolute Gasteiger partial charge is 0.359 e. The number of nitrogens with one attached hydrogen (secondary N) is 2. The Morgan fingerprint density at radius 1 is 1.09 bits per heavy atom. The molecule has 0 aromatic heterocycles. The van der Waals surface area contributed by atoms with Crippen molar-refractivity contribution < 1.29 is 19.1 Å². The SMILES string of the molecule is Cc1ccccc1NC(=O)[C@@H]1[C@H]2C(=O)N(C3CC3)[C@H](C(=O)NC3CCCC3)[C@]23C=C[C@H]1O3. The monoisotopic (exact) mass is 435 g/mol. The van der Waals surface area contributed by atoms with Crippen LogP contribution in [0.2, 0.25) is 0 Å². The maximum absolute atomic E-state index is 13.7. The number of amides is 3. The van der Waals surface area contributed by atoms with Crippen molar-refractivity contribution in [2.75, 3.05) is 5.32 Å². The molecule has 5 aliphatic rings. The second kappa shape index (κ2) is 7.17. The van der Waals surface area contributed by atoms with E-state index in [-0.39, 0.29) is 29.8 Å². The van der Waals surface area contributed by atoms with Crippen LogP contribution in [0.25, 0.3) is 0 Å². The molecule has 3 heterocycles. The standard InChI is InChI=1S/C25H29N3O4/c1-14-6-2-5-9-17(14)27-22(29)19-18-12-13-25(32-18)20(19)24(31)28(16-10-11-16)21(25)23(30)26-15-7-3-4-8-15/h2,5-6,9,12-13,15-16,18-21H,3-4,7-8,10-11H2,1H3,(H,26,30)(H,27,29)/t18-,19+,20+,21-,25+/m1/s1. The zero-order chi connectivity index (χ0) is 22.0. The number of likely N-dealkylation sites (tertiary alicyclic amines) is 1. The molecule has 5 atom stereocenters. The van der Waals surface area contributed by atoms with E-state index in [1.54, 1.807) is 4.90 Å². The van der Waals surface area contributed by atoms with Gasteiger partial charge in [0, 0.05) is 17.8 Å². The molecule has 6 rings (SSSR count). The van der Waals surface area contributed by atoms with Crippen LogP contribution in [0.15, 0.2) is 36.4 Å². The van der Waals surface area contributed by atoms with Crippen molar-refractivity contribution in [3.8, 4) is 0 Å². The average Bonchev–Trinajstić information content (AvgIpc) is 3.12. The summed E-state index contributed by atoms with van der Waals surface area (Å²) < 4.78 is 6.37. The quantitative estimate of drug-likeness (QED) is 0.695. The summed E-state index contributed by atoms with van der Waals surface area (Å²) in [5.74, 6) is -1.78. The highest BCUT2D eigenvalue weighted by atomic mass is 16.5. The highest BCUT2D eigenvalue weighted by Crippen LogP contribution is 2.57. The van der Waals surface area contributed by atoms with Crippen molar-refractivity contribution in [3.63, 3.8) is 0 Å². The van der Waals surface area contributed by atoms with Gasteiger partial charge < -0.3 is 20.3 Å². The van der Waals surface area contributed by atoms with Crippen LogP contribution < -0.4 is 10.6 Å². The molecule has 32 heavy (non-hydrogen) atoms. The Kier molecular flexibility index (Phi) is 4.47. The molecule has 4 fully saturated rings. The van der Waals surface area contributed by atoms with Crippen LogP contribution in [0, 0.1) is 18.8 Å². The third-order valence-electron chi connectivity index (χ3n) is 7.91. The molecule has 1 spiro atoms. The number of hydrogen-bond acceptors (Lipinski definition) is 4. The number of fused-ring (bicyclic) bond motifs is 1. The first kappa shape index (κ1) is 20.0. The lowest BCUT2D eigenvalue weighted by molar-refractivity contribution is -0.142. The van der Waals surface area contributed by atoms with Crippen LogP contribution >= 0.6 is 0 Å². The molecule has 7 nitrogen and oxygen atoms in total. The van der Waals surface area contributed by atoms with E-state index < -0.39 is 29.6 Å². The molecule has 1 aromatic carbocycles. The molecule has 7 heteroatoms. The zero-order valence-electron chi connectivity index (χ0n) is 18.3. The molecule has 2 saturated carbocycles. The summed E-state index contributed by atoms with van der Waals surface area (Å²) in [6, 6.07) is 7.12. The number of carbonyl (C=O) groups is 3. The van der Waals surface area contributed by atoms with Crippen molar-refractivity contribution in [2.24, 2.45) is 11.8 Å². The number of benzene rings is 1. The summed E-state index contributed by atoms with van der Waals surface area (Å²) in [6.45, 7) is 1.94. The minimum atomic E-state index is -1.05. The average molecular weight is 436 g/mol. The smallest absolute Gasteiger partial charge is 0.246 e. The first-order valence-electron chi connectivity index (χ1n) is 11.9. The Labute approximate surface area is 187 Å². The molecule has 3 amide bonds. The van der Waals surface area contributed by atoms with Gasteiger partial charge in [0.1, 0.15) is 11.6 Å². The predicted molar refractivity (Wildman–Crippen MR) is 118 cm³/mol. The van der Waals surface area contributed by atoms with Gasteiger partial charge in [-0.3, -0.25) is 14.4 Å². The van der Waals surface area contributed by atoms with Gasteiger partial charge in [0.15, 0.2) is 0 Å². The molecule has 0 unspecified atom stereocenters. The molecule has 2 bridgehead atoms. The highest BCUT2D eigenvalue weighted by molar-refractivity contribution is 6.03. The van der Waals surface area contributed by atoms with Crippen LogP contribution in [0.3, 0.4) is 0 Å². The number of ether oxygens (including phenoxy) is 1. The molecular formula is C25H29N3O4. The van der Waals surface area contributed by atoms with E-state index in [1.165, 1.54) is 0 Å². The van der Waals surface area contributed by atoms with Gasteiger partial charge in [-0.05, 0) is 44.2 Å². The van der Waals surface area contributed by atoms with Gasteiger partial charge in [0.25, 0.3) is 0 Å². The van der Waals surface area contributed by atoms with Gasteiger partial charge in [-0.25, -0.2) is 0 Å². The number of anilines is 1. The number of carbonyl (C=O) groups excluding carboxylic acids is 3. The third kappa shape index (κ3) is 2.86. The van der Waals surface area contributed by atoms with Crippen molar-refractivity contribution >= 4 is 23.4 Å². The normalized spacial score (nSPS) is 35.4. The van der Waals surface area contributed by atoms with Crippen LogP contribution in [0.1, 0.15) is 44.1 Å². The van der Waals surface area contributed by atoms with Crippen LogP contribution in [-0.4, -0.2) is 52.5 Å². The molecule has 0 radical (unpaired) electrons. The van der Waals surface area contributed by atoms with E-state index >= 15 is 0 Å². The predicted octanol–water partition coefficient (Wildman–Crippen LogP) is 2.31. The molecule has 2 N–H and O–H groups in total. The minimum Gasteiger partial charge on any atom is -0.359 e. The summed E-state index contributed by atoms with van der Waals surface area (Å²) in [4.78, 5) is 42.3. The van der Waals surface area contributed by atoms with E-state index in [0.29, 0.717) is 0 Å². The zero-order valence-corrected chi connectivity index (χ0v) is 18.3. The highest BCUT2D eigenvalue weighted by Gasteiger charge is 2.74. The summed E-state index contributed by atoms with van der Waals surface area (Å²) in [5.41, 5.74) is 0.639. The maximum Gasteiger partial charge on any atom is 0.246 e. The van der Waals surface area contributed by atoms with Crippen LogP contribution in [-0.2, 0) is 19.1 Å². The second-order valence-electron chi connectivity index (χ2n) is 9.97. The van der Waals surface area contributed by atoms with Crippen LogP contribution in [0.4, 0.5) is 5.69 Å². The fraction of sp³-hybridized carbons (Fsp3) is 0.560. The van der Waals surface area contributed by atoms with Crippen LogP contribution in [0.5, 0.6) is 0 Å². The number of rotatable bonds is 5. The van der Waals surface area contributed by atoms with Crippen molar-refractivity contribution in [3.05, 3.63) is 42.0 Å². The number of aryl methyl sites for hydroxylation is 1. The first-order valence-corrected chi connectivity index (χ1v) is 11.9. The van der Waals surface area contributed by atoms with Gasteiger partial charge in [0.05, 0.1) is 17.9 Å². The molecule has 3 aliphatic heterocycles. The summed E-state index contributed by atoms with van der Waals surface area (Å²) in [5, 5.41) is 6.19. The summed E-state index contributed by atoms with van der Waals surface area (Å²) in [7, 11) is 0. The van der Waals surface area contributed by atoms with E-state index in [9.17, 15) is 14.4 Å². The molecular weight excluding hydrogens is 406 g/mol. The Bertz CT molecular complexity index is 1010. The lowest BCUT2D eigenvalue weighted by Gasteiger charge is -2.33. The Hall–Kier alpha value is -2.67. The molecule has 2 aliphatic carbocycles. The summed E-state index contributed by atoms with van der Waals surface area (Å²) >= 11 is 0.